The molecule has 0 amide bonds. The molecule has 0 spiro atoms. The molecule has 0 saturated heterocycles. The fourth-order valence-corrected chi connectivity index (χ4v) is 3.17. The summed E-state index contributed by atoms with van der Waals surface area (Å²) in [5.41, 5.74) is 7.65. The molecule has 0 aliphatic rings. The number of methoxy groups -OCH3 is 1. The molecule has 0 fully saturated rings. The molecule has 1 heterocycles. The maximum absolute atomic E-state index is 5.83. The quantitative estimate of drug-likeness (QED) is 0.675. The van der Waals surface area contributed by atoms with Crippen LogP contribution in [0.1, 0.15) is 5.56 Å². The largest absolute Gasteiger partial charge is 0.497 e. The van der Waals surface area contributed by atoms with Gasteiger partial charge in [-0.3, -0.25) is 0 Å². The van der Waals surface area contributed by atoms with Gasteiger partial charge in [0.25, 0.3) is 0 Å². The van der Waals surface area contributed by atoms with Gasteiger partial charge in [-0.2, -0.15) is 0 Å². The summed E-state index contributed by atoms with van der Waals surface area (Å²) in [6, 6.07) is 5.74. The Labute approximate surface area is 120 Å². The Hall–Kier alpha value is -1.47. The van der Waals surface area contributed by atoms with Gasteiger partial charge >= 0.3 is 0 Å². The first-order valence-electron chi connectivity index (χ1n) is 5.65. The molecule has 0 saturated carbocycles. The molecule has 102 valence electrons. The molecule has 2 rings (SSSR count). The van der Waals surface area contributed by atoms with E-state index in [-0.39, 0.29) is 0 Å². The van der Waals surface area contributed by atoms with Crippen LogP contribution >= 0.6 is 23.1 Å². The van der Waals surface area contributed by atoms with Crippen molar-refractivity contribution in [1.29, 1.82) is 0 Å². The third-order valence-electron chi connectivity index (χ3n) is 2.37. The average Bonchev–Trinajstić information content (AvgIpc) is 2.84. The zero-order chi connectivity index (χ0) is 13.8. The lowest BCUT2D eigenvalue weighted by Crippen LogP contribution is -2.07. The Morgan fingerprint density at radius 2 is 2.11 bits per heavy atom. The number of benzene rings is 1. The molecule has 0 radical (unpaired) electrons. The van der Waals surface area contributed by atoms with E-state index in [0.29, 0.717) is 5.69 Å². The number of aromatic nitrogens is 2. The molecule has 7 heteroatoms. The Morgan fingerprint density at radius 1 is 1.32 bits per heavy atom. The molecule has 0 unspecified atom stereocenters. The Morgan fingerprint density at radius 3 is 2.74 bits per heavy atom. The van der Waals surface area contributed by atoms with Crippen molar-refractivity contribution in [1.82, 2.24) is 10.2 Å². The van der Waals surface area contributed by atoms with E-state index in [1.54, 1.807) is 30.2 Å². The summed E-state index contributed by atoms with van der Waals surface area (Å²) < 4.78 is 6.15. The van der Waals surface area contributed by atoms with Crippen LogP contribution in [0.4, 0.5) is 10.8 Å². The standard InChI is InChI=1S/C12H16N4OS2/c1-16(2)11-14-15-12(19-11)18-7-8-4-9(13)6-10(5-8)17-3/h4-6H,7,13H2,1-3H3. The first-order chi connectivity index (χ1) is 9.08. The van der Waals surface area contributed by atoms with E-state index >= 15 is 0 Å². The van der Waals surface area contributed by atoms with Crippen LogP contribution < -0.4 is 15.4 Å². The molecule has 2 N–H and O–H groups in total. The molecule has 2 aromatic rings. The van der Waals surface area contributed by atoms with Crippen molar-refractivity contribution in [2.45, 2.75) is 10.1 Å². The lowest BCUT2D eigenvalue weighted by atomic mass is 10.2. The Kier molecular flexibility index (Phi) is 4.49. The van der Waals surface area contributed by atoms with Crippen molar-refractivity contribution in [3.05, 3.63) is 23.8 Å². The fourth-order valence-electron chi connectivity index (χ4n) is 1.47. The molecule has 19 heavy (non-hydrogen) atoms. The molecule has 1 aromatic carbocycles. The Balaban J connectivity index is 2.03. The van der Waals surface area contributed by atoms with Crippen molar-refractivity contribution in [3.8, 4) is 5.75 Å². The number of hydrogen-bond donors (Lipinski definition) is 1. The summed E-state index contributed by atoms with van der Waals surface area (Å²) >= 11 is 3.23. The number of nitrogens with two attached hydrogens (primary N) is 1. The predicted octanol–water partition coefficient (Wildman–Crippen LogP) is 2.49. The molecule has 5 nitrogen and oxygen atoms in total. The van der Waals surface area contributed by atoms with Gasteiger partial charge in [-0.15, -0.1) is 10.2 Å². The third-order valence-corrected chi connectivity index (χ3v) is 4.66. The highest BCUT2D eigenvalue weighted by Gasteiger charge is 2.07. The summed E-state index contributed by atoms with van der Waals surface area (Å²) in [5.74, 6) is 1.57. The minimum atomic E-state index is 0.709. The van der Waals surface area contributed by atoms with E-state index in [1.807, 2.05) is 37.2 Å². The second-order valence-corrected chi connectivity index (χ2v) is 6.33. The smallest absolute Gasteiger partial charge is 0.208 e. The molecule has 0 atom stereocenters. The van der Waals surface area contributed by atoms with Crippen molar-refractivity contribution in [2.75, 3.05) is 31.8 Å². The van der Waals surface area contributed by atoms with E-state index in [9.17, 15) is 0 Å². The minimum Gasteiger partial charge on any atom is -0.497 e. The van der Waals surface area contributed by atoms with Gasteiger partial charge < -0.3 is 15.4 Å². The molecule has 0 bridgehead atoms. The normalized spacial score (nSPS) is 10.5. The van der Waals surface area contributed by atoms with Gasteiger partial charge in [0.15, 0.2) is 4.34 Å². The second kappa shape index (κ2) is 6.12. The van der Waals surface area contributed by atoms with Crippen LogP contribution in [0, 0.1) is 0 Å². The van der Waals surface area contributed by atoms with Gasteiger partial charge in [0.05, 0.1) is 7.11 Å². The van der Waals surface area contributed by atoms with Crippen LogP contribution in [0.3, 0.4) is 0 Å². The lowest BCUT2D eigenvalue weighted by Gasteiger charge is -2.05. The van der Waals surface area contributed by atoms with Crippen molar-refractivity contribution in [2.24, 2.45) is 0 Å². The number of nitrogens with zero attached hydrogens (tertiary/aromatic N) is 3. The molecule has 0 aliphatic heterocycles. The third kappa shape index (κ3) is 3.74. The van der Waals surface area contributed by atoms with Gasteiger partial charge in [-0.05, 0) is 17.7 Å². The van der Waals surface area contributed by atoms with Crippen molar-refractivity contribution >= 4 is 33.9 Å². The minimum absolute atomic E-state index is 0.709. The fraction of sp³-hybridized carbons (Fsp3) is 0.333. The highest BCUT2D eigenvalue weighted by Crippen LogP contribution is 2.30. The molecular formula is C12H16N4OS2. The number of thioether (sulfide) groups is 1. The summed E-state index contributed by atoms with van der Waals surface area (Å²) in [6.45, 7) is 0. The van der Waals surface area contributed by atoms with Gasteiger partial charge in [-0.25, -0.2) is 0 Å². The zero-order valence-electron chi connectivity index (χ0n) is 11.1. The summed E-state index contributed by atoms with van der Waals surface area (Å²) in [7, 11) is 5.55. The van der Waals surface area contributed by atoms with Crippen molar-refractivity contribution in [3.63, 3.8) is 0 Å². The van der Waals surface area contributed by atoms with E-state index in [2.05, 4.69) is 10.2 Å². The van der Waals surface area contributed by atoms with Gasteiger partial charge in [0.2, 0.25) is 5.13 Å². The summed E-state index contributed by atoms with van der Waals surface area (Å²) in [6.07, 6.45) is 0. The first-order valence-corrected chi connectivity index (χ1v) is 7.46. The maximum atomic E-state index is 5.83. The van der Waals surface area contributed by atoms with Crippen LogP contribution in [-0.2, 0) is 5.75 Å². The van der Waals surface area contributed by atoms with Crippen LogP contribution in [0.5, 0.6) is 5.75 Å². The van der Waals surface area contributed by atoms with Crippen molar-refractivity contribution < 1.29 is 4.74 Å². The van der Waals surface area contributed by atoms with Crippen LogP contribution in [-0.4, -0.2) is 31.4 Å². The monoisotopic (exact) mass is 296 g/mol. The van der Waals surface area contributed by atoms with Gasteiger partial charge in [0, 0.05) is 31.6 Å². The first kappa shape index (κ1) is 14.0. The maximum Gasteiger partial charge on any atom is 0.208 e. The summed E-state index contributed by atoms with van der Waals surface area (Å²) in [4.78, 5) is 1.95. The van der Waals surface area contributed by atoms with E-state index in [0.717, 1.165) is 26.5 Å². The van der Waals surface area contributed by atoms with E-state index < -0.39 is 0 Å². The highest BCUT2D eigenvalue weighted by molar-refractivity contribution is 8.00. The van der Waals surface area contributed by atoms with Gasteiger partial charge in [0.1, 0.15) is 5.75 Å². The van der Waals surface area contributed by atoms with E-state index in [1.165, 1.54) is 0 Å². The number of rotatable bonds is 5. The number of ether oxygens (including phenoxy) is 1. The predicted molar refractivity (Wildman–Crippen MR) is 81.2 cm³/mol. The summed E-state index contributed by atoms with van der Waals surface area (Å²) in [5, 5.41) is 9.16. The molecule has 0 aliphatic carbocycles. The van der Waals surface area contributed by atoms with Crippen LogP contribution in [0.2, 0.25) is 0 Å². The number of hydrogen-bond acceptors (Lipinski definition) is 7. The number of anilines is 2. The second-order valence-electron chi connectivity index (χ2n) is 4.15. The topological polar surface area (TPSA) is 64.3 Å². The van der Waals surface area contributed by atoms with Crippen LogP contribution in [0.25, 0.3) is 0 Å². The molecule has 1 aromatic heterocycles. The number of nitrogen functional groups attached to an aromatic ring is 1. The van der Waals surface area contributed by atoms with E-state index in [4.69, 9.17) is 10.5 Å². The zero-order valence-corrected chi connectivity index (χ0v) is 12.7. The van der Waals surface area contributed by atoms with Crippen LogP contribution in [0.15, 0.2) is 22.5 Å². The Bertz CT molecular complexity index is 556. The lowest BCUT2D eigenvalue weighted by molar-refractivity contribution is 0.414. The SMILES string of the molecule is COc1cc(N)cc(CSc2nnc(N(C)C)s2)c1. The van der Waals surface area contributed by atoms with Gasteiger partial charge in [-0.1, -0.05) is 23.1 Å². The highest BCUT2D eigenvalue weighted by atomic mass is 32.2. The molecular weight excluding hydrogens is 280 g/mol. The average molecular weight is 296 g/mol.